The van der Waals surface area contributed by atoms with E-state index in [1.807, 2.05) is 0 Å². The van der Waals surface area contributed by atoms with Crippen LogP contribution in [0.4, 0.5) is 0 Å². The van der Waals surface area contributed by atoms with E-state index in [4.69, 9.17) is 11.6 Å². The van der Waals surface area contributed by atoms with Crippen LogP contribution in [0, 0.1) is 23.7 Å². The molecule has 132 valence electrons. The van der Waals surface area contributed by atoms with E-state index in [-0.39, 0.29) is 5.76 Å². The van der Waals surface area contributed by atoms with Gasteiger partial charge in [-0.05, 0) is 43.4 Å². The first-order chi connectivity index (χ1) is 10.3. The summed E-state index contributed by atoms with van der Waals surface area (Å²) in [5.41, 5.74) is 0. The molecular formula is C20H39ClO. The summed E-state index contributed by atoms with van der Waals surface area (Å²) in [7, 11) is 0. The van der Waals surface area contributed by atoms with Gasteiger partial charge in [0.25, 0.3) is 0 Å². The fourth-order valence-corrected chi connectivity index (χ4v) is 3.34. The van der Waals surface area contributed by atoms with E-state index < -0.39 is 0 Å². The van der Waals surface area contributed by atoms with Gasteiger partial charge in [0.05, 0.1) is 5.03 Å². The Morgan fingerprint density at radius 1 is 0.909 bits per heavy atom. The second-order valence-electron chi connectivity index (χ2n) is 7.71. The zero-order valence-electron chi connectivity index (χ0n) is 15.8. The monoisotopic (exact) mass is 330 g/mol. The smallest absolute Gasteiger partial charge is 0.104 e. The van der Waals surface area contributed by atoms with Gasteiger partial charge >= 0.3 is 0 Å². The van der Waals surface area contributed by atoms with Gasteiger partial charge in [0, 0.05) is 0 Å². The largest absolute Gasteiger partial charge is 0.511 e. The molecule has 0 aliphatic carbocycles. The molecule has 3 atom stereocenters. The fraction of sp³-hybridized carbons (Fsp3) is 0.900. The Balaban J connectivity index is 4.07. The van der Waals surface area contributed by atoms with Crippen molar-refractivity contribution in [3.8, 4) is 0 Å². The van der Waals surface area contributed by atoms with Crippen LogP contribution in [0.25, 0.3) is 0 Å². The summed E-state index contributed by atoms with van der Waals surface area (Å²) < 4.78 is 0. The molecular weight excluding hydrogens is 292 g/mol. The molecule has 0 aliphatic rings. The van der Waals surface area contributed by atoms with Crippen LogP contribution in [0.5, 0.6) is 0 Å². The Hall–Kier alpha value is -0.170. The molecule has 0 aromatic heterocycles. The molecule has 0 aromatic carbocycles. The maximum absolute atomic E-state index is 9.49. The molecule has 0 radical (unpaired) electrons. The van der Waals surface area contributed by atoms with E-state index in [9.17, 15) is 5.11 Å². The Morgan fingerprint density at radius 2 is 1.45 bits per heavy atom. The SMILES string of the molecule is CCCC(C)CCCC(C)CCC(C/C(Cl)=C(/C)O)C(C)C. The summed E-state index contributed by atoms with van der Waals surface area (Å²) in [4.78, 5) is 0. The van der Waals surface area contributed by atoms with Crippen molar-refractivity contribution in [3.63, 3.8) is 0 Å². The minimum Gasteiger partial charge on any atom is -0.511 e. The van der Waals surface area contributed by atoms with Gasteiger partial charge in [-0.1, -0.05) is 84.7 Å². The first-order valence-electron chi connectivity index (χ1n) is 9.32. The summed E-state index contributed by atoms with van der Waals surface area (Å²) in [6.45, 7) is 13.3. The number of hydrogen-bond donors (Lipinski definition) is 1. The van der Waals surface area contributed by atoms with Crippen LogP contribution in [0.1, 0.15) is 92.9 Å². The molecule has 0 saturated carbocycles. The third-order valence-corrected chi connectivity index (χ3v) is 5.41. The highest BCUT2D eigenvalue weighted by Crippen LogP contribution is 2.30. The second-order valence-corrected chi connectivity index (χ2v) is 8.16. The predicted molar refractivity (Wildman–Crippen MR) is 100 cm³/mol. The average molecular weight is 331 g/mol. The van der Waals surface area contributed by atoms with E-state index >= 15 is 0 Å². The number of halogens is 1. The Labute approximate surface area is 144 Å². The fourth-order valence-electron chi connectivity index (χ4n) is 3.14. The van der Waals surface area contributed by atoms with E-state index in [1.165, 1.54) is 44.9 Å². The summed E-state index contributed by atoms with van der Waals surface area (Å²) in [5, 5.41) is 10.1. The minimum absolute atomic E-state index is 0.283. The van der Waals surface area contributed by atoms with Gasteiger partial charge < -0.3 is 5.11 Å². The van der Waals surface area contributed by atoms with Crippen molar-refractivity contribution >= 4 is 11.6 Å². The van der Waals surface area contributed by atoms with Crippen molar-refractivity contribution in [2.45, 2.75) is 92.9 Å². The van der Waals surface area contributed by atoms with E-state index in [1.54, 1.807) is 6.92 Å². The lowest BCUT2D eigenvalue weighted by molar-refractivity contribution is 0.309. The maximum atomic E-state index is 9.49. The Kier molecular flexibility index (Phi) is 12.2. The summed E-state index contributed by atoms with van der Waals surface area (Å²) in [6, 6.07) is 0. The molecule has 0 aromatic rings. The molecule has 0 aliphatic heterocycles. The molecule has 3 unspecified atom stereocenters. The molecule has 1 nitrogen and oxygen atoms in total. The van der Waals surface area contributed by atoms with Gasteiger partial charge in [-0.2, -0.15) is 0 Å². The number of rotatable bonds is 12. The quantitative estimate of drug-likeness (QED) is 0.363. The number of aliphatic hydroxyl groups is 1. The zero-order valence-corrected chi connectivity index (χ0v) is 16.5. The first kappa shape index (κ1) is 21.8. The lowest BCUT2D eigenvalue weighted by Crippen LogP contribution is -2.11. The van der Waals surface area contributed by atoms with Gasteiger partial charge in [-0.3, -0.25) is 0 Å². The first-order valence-corrected chi connectivity index (χ1v) is 9.69. The maximum Gasteiger partial charge on any atom is 0.104 e. The second kappa shape index (κ2) is 12.3. The Morgan fingerprint density at radius 3 is 1.91 bits per heavy atom. The summed E-state index contributed by atoms with van der Waals surface area (Å²) in [5.74, 6) is 3.16. The van der Waals surface area contributed by atoms with Crippen molar-refractivity contribution in [1.82, 2.24) is 0 Å². The van der Waals surface area contributed by atoms with Crippen LogP contribution in [0.3, 0.4) is 0 Å². The highest BCUT2D eigenvalue weighted by Gasteiger charge is 2.17. The minimum atomic E-state index is 0.283. The molecule has 0 bridgehead atoms. The average Bonchev–Trinajstić information content (AvgIpc) is 2.42. The normalized spacial score (nSPS) is 17.3. The van der Waals surface area contributed by atoms with Crippen molar-refractivity contribution in [1.29, 1.82) is 0 Å². The van der Waals surface area contributed by atoms with Crippen LogP contribution in [-0.4, -0.2) is 5.11 Å². The third-order valence-electron chi connectivity index (χ3n) is 4.98. The molecule has 0 saturated heterocycles. The zero-order chi connectivity index (χ0) is 17.1. The highest BCUT2D eigenvalue weighted by atomic mass is 35.5. The van der Waals surface area contributed by atoms with Crippen molar-refractivity contribution in [3.05, 3.63) is 10.8 Å². The van der Waals surface area contributed by atoms with E-state index in [2.05, 4.69) is 34.6 Å². The van der Waals surface area contributed by atoms with Crippen molar-refractivity contribution in [2.24, 2.45) is 23.7 Å². The molecule has 0 heterocycles. The van der Waals surface area contributed by atoms with Gasteiger partial charge in [-0.15, -0.1) is 0 Å². The number of aliphatic hydroxyl groups excluding tert-OH is 1. The third kappa shape index (κ3) is 10.5. The van der Waals surface area contributed by atoms with Crippen LogP contribution < -0.4 is 0 Å². The van der Waals surface area contributed by atoms with Crippen LogP contribution in [-0.2, 0) is 0 Å². The number of hydrogen-bond acceptors (Lipinski definition) is 1. The molecule has 0 fully saturated rings. The van der Waals surface area contributed by atoms with Crippen LogP contribution in [0.2, 0.25) is 0 Å². The Bertz CT molecular complexity index is 305. The molecule has 0 spiro atoms. The van der Waals surface area contributed by atoms with Gasteiger partial charge in [0.1, 0.15) is 5.76 Å². The summed E-state index contributed by atoms with van der Waals surface area (Å²) >= 11 is 6.15. The highest BCUT2D eigenvalue weighted by molar-refractivity contribution is 6.29. The standard InChI is InChI=1S/C20H39ClO/c1-7-9-16(4)10-8-11-17(5)12-13-19(15(2)3)14-20(21)18(6)22/h15-17,19,22H,7-14H2,1-6H3/b20-18+. The van der Waals surface area contributed by atoms with Crippen molar-refractivity contribution < 1.29 is 5.11 Å². The van der Waals surface area contributed by atoms with E-state index in [0.29, 0.717) is 16.9 Å². The lowest BCUT2D eigenvalue weighted by Gasteiger charge is -2.23. The topological polar surface area (TPSA) is 20.2 Å². The van der Waals surface area contributed by atoms with Gasteiger partial charge in [0.2, 0.25) is 0 Å². The number of allylic oxidation sites excluding steroid dienone is 2. The molecule has 0 amide bonds. The molecule has 22 heavy (non-hydrogen) atoms. The molecule has 1 N–H and O–H groups in total. The molecule has 2 heteroatoms. The predicted octanol–water partition coefficient (Wildman–Crippen LogP) is 7.70. The van der Waals surface area contributed by atoms with Crippen LogP contribution in [0.15, 0.2) is 10.8 Å². The van der Waals surface area contributed by atoms with E-state index in [0.717, 1.165) is 18.3 Å². The summed E-state index contributed by atoms with van der Waals surface area (Å²) in [6.07, 6.45) is 10.1. The molecule has 0 rings (SSSR count). The lowest BCUT2D eigenvalue weighted by atomic mass is 9.84. The van der Waals surface area contributed by atoms with Crippen molar-refractivity contribution in [2.75, 3.05) is 0 Å². The van der Waals surface area contributed by atoms with Gasteiger partial charge in [-0.25, -0.2) is 0 Å². The van der Waals surface area contributed by atoms with Crippen LogP contribution >= 0.6 is 11.6 Å². The van der Waals surface area contributed by atoms with Gasteiger partial charge in [0.15, 0.2) is 0 Å².